The molecule has 1 aromatic carbocycles. The highest BCUT2D eigenvalue weighted by Gasteiger charge is 2.28. The van der Waals surface area contributed by atoms with E-state index in [0.29, 0.717) is 24.6 Å². The lowest BCUT2D eigenvalue weighted by Gasteiger charge is -2.35. The summed E-state index contributed by atoms with van der Waals surface area (Å²) in [5.41, 5.74) is 6.64. The zero-order valence-corrected chi connectivity index (χ0v) is 18.1. The summed E-state index contributed by atoms with van der Waals surface area (Å²) in [5.74, 6) is 0.541. The largest absolute Gasteiger partial charge is 0.484 e. The number of guanidine groups is 1. The number of ether oxygens (including phenoxy) is 1. The summed E-state index contributed by atoms with van der Waals surface area (Å²) in [6.07, 6.45) is -2.60. The number of nitrogens with two attached hydrogens (primary N) is 1. The fourth-order valence-corrected chi connectivity index (χ4v) is 3.40. The normalized spacial score (nSPS) is 15.3. The maximum absolute atomic E-state index is 12.4. The van der Waals surface area contributed by atoms with Crippen LogP contribution in [-0.2, 0) is 6.54 Å². The van der Waals surface area contributed by atoms with Crippen LogP contribution in [0.15, 0.2) is 40.8 Å². The van der Waals surface area contributed by atoms with Gasteiger partial charge in [-0.2, -0.15) is 13.2 Å². The summed E-state index contributed by atoms with van der Waals surface area (Å²) in [6, 6.07) is 6.54. The maximum atomic E-state index is 12.4. The van der Waals surface area contributed by atoms with Crippen molar-refractivity contribution in [3.63, 3.8) is 0 Å². The molecule has 28 heavy (non-hydrogen) atoms. The third-order valence-corrected chi connectivity index (χ3v) is 4.90. The van der Waals surface area contributed by atoms with Crippen LogP contribution in [0.2, 0.25) is 0 Å². The minimum absolute atomic E-state index is 0. The quantitative estimate of drug-likeness (QED) is 0.367. The maximum Gasteiger partial charge on any atom is 0.422 e. The van der Waals surface area contributed by atoms with Gasteiger partial charge in [-0.1, -0.05) is 18.2 Å². The monoisotopic (exact) mass is 527 g/mol. The molecule has 0 aliphatic carbocycles. The van der Waals surface area contributed by atoms with Crippen molar-refractivity contribution in [1.29, 1.82) is 0 Å². The van der Waals surface area contributed by atoms with Gasteiger partial charge >= 0.3 is 6.18 Å². The Bertz CT molecular complexity index is 764. The molecule has 0 saturated carbocycles. The van der Waals surface area contributed by atoms with Gasteiger partial charge in [-0.05, 0) is 6.07 Å². The number of hydrogen-bond acceptors (Lipinski definition) is 5. The number of hydrogen-bond donors (Lipinski definition) is 1. The lowest BCUT2D eigenvalue weighted by Crippen LogP contribution is -2.51. The highest BCUT2D eigenvalue weighted by molar-refractivity contribution is 14.0. The minimum Gasteiger partial charge on any atom is -0.484 e. The van der Waals surface area contributed by atoms with Crippen LogP contribution in [0.25, 0.3) is 0 Å². The first-order chi connectivity index (χ1) is 12.9. The SMILES string of the molecule is I.NC(=NCc1ccccc1OCC(F)(F)F)N1CCN(c2nccs2)CC1. The molecule has 2 heterocycles. The van der Waals surface area contributed by atoms with E-state index in [0.717, 1.165) is 18.2 Å². The van der Waals surface area contributed by atoms with Crippen molar-refractivity contribution in [3.8, 4) is 5.75 Å². The standard InChI is InChI=1S/C17H20F3N5OS.HI/c18-17(19,20)12-26-14-4-2-1-3-13(14)11-23-15(21)24-6-8-25(9-7-24)16-22-5-10-27-16;/h1-5,10H,6-9,11-12H2,(H2,21,23);1H. The minimum atomic E-state index is -4.38. The summed E-state index contributed by atoms with van der Waals surface area (Å²) in [4.78, 5) is 12.8. The van der Waals surface area contributed by atoms with E-state index in [2.05, 4.69) is 14.9 Å². The average Bonchev–Trinajstić information content (AvgIpc) is 3.19. The van der Waals surface area contributed by atoms with Gasteiger partial charge in [-0.3, -0.25) is 0 Å². The first-order valence-electron chi connectivity index (χ1n) is 8.39. The number of piperazine rings is 1. The van der Waals surface area contributed by atoms with Crippen molar-refractivity contribution < 1.29 is 17.9 Å². The fourth-order valence-electron chi connectivity index (χ4n) is 2.70. The van der Waals surface area contributed by atoms with E-state index >= 15 is 0 Å². The lowest BCUT2D eigenvalue weighted by molar-refractivity contribution is -0.153. The molecule has 1 aliphatic rings. The summed E-state index contributed by atoms with van der Waals surface area (Å²) < 4.78 is 42.0. The van der Waals surface area contributed by atoms with Crippen LogP contribution in [0.5, 0.6) is 5.75 Å². The first-order valence-corrected chi connectivity index (χ1v) is 9.27. The topological polar surface area (TPSA) is 67.0 Å². The number of rotatable bonds is 5. The van der Waals surface area contributed by atoms with Gasteiger partial charge in [-0.25, -0.2) is 9.98 Å². The van der Waals surface area contributed by atoms with E-state index in [-0.39, 0.29) is 36.3 Å². The van der Waals surface area contributed by atoms with Crippen molar-refractivity contribution in [2.75, 3.05) is 37.7 Å². The predicted molar refractivity (Wildman–Crippen MR) is 115 cm³/mol. The Morgan fingerprint density at radius 3 is 2.57 bits per heavy atom. The Hall–Kier alpha value is -1.76. The number of para-hydroxylation sites is 1. The summed E-state index contributed by atoms with van der Waals surface area (Å²) >= 11 is 1.60. The Kier molecular flexibility index (Phi) is 8.16. The van der Waals surface area contributed by atoms with Crippen molar-refractivity contribution >= 4 is 46.4 Å². The number of nitrogens with zero attached hydrogens (tertiary/aromatic N) is 4. The molecule has 0 radical (unpaired) electrons. The Morgan fingerprint density at radius 2 is 1.93 bits per heavy atom. The van der Waals surface area contributed by atoms with Crippen LogP contribution in [0.4, 0.5) is 18.3 Å². The van der Waals surface area contributed by atoms with Gasteiger partial charge in [0.2, 0.25) is 0 Å². The fraction of sp³-hybridized carbons (Fsp3) is 0.412. The molecule has 1 aromatic heterocycles. The second-order valence-electron chi connectivity index (χ2n) is 5.97. The van der Waals surface area contributed by atoms with Crippen molar-refractivity contribution in [2.45, 2.75) is 12.7 Å². The first kappa shape index (κ1) is 22.5. The van der Waals surface area contributed by atoms with E-state index < -0.39 is 12.8 Å². The third kappa shape index (κ3) is 6.40. The molecule has 2 aromatic rings. The molecule has 1 aliphatic heterocycles. The van der Waals surface area contributed by atoms with Crippen LogP contribution in [0, 0.1) is 0 Å². The molecule has 0 unspecified atom stereocenters. The Morgan fingerprint density at radius 1 is 1.21 bits per heavy atom. The van der Waals surface area contributed by atoms with Crippen LogP contribution < -0.4 is 15.4 Å². The van der Waals surface area contributed by atoms with E-state index in [1.807, 2.05) is 10.3 Å². The molecule has 0 bridgehead atoms. The van der Waals surface area contributed by atoms with Gasteiger partial charge in [0.15, 0.2) is 17.7 Å². The van der Waals surface area contributed by atoms with E-state index in [1.165, 1.54) is 6.07 Å². The molecule has 11 heteroatoms. The predicted octanol–water partition coefficient (Wildman–Crippen LogP) is 3.34. The molecule has 1 fully saturated rings. The molecule has 3 rings (SSSR count). The molecule has 0 spiro atoms. The highest BCUT2D eigenvalue weighted by Crippen LogP contribution is 2.23. The molecule has 0 amide bonds. The molecule has 0 atom stereocenters. The van der Waals surface area contributed by atoms with E-state index in [4.69, 9.17) is 10.5 Å². The Labute approximate surface area is 182 Å². The van der Waals surface area contributed by atoms with Gasteiger partial charge in [-0.15, -0.1) is 35.3 Å². The molecular weight excluding hydrogens is 506 g/mol. The molecule has 154 valence electrons. The van der Waals surface area contributed by atoms with Crippen LogP contribution >= 0.6 is 35.3 Å². The molecular formula is C17H21F3IN5OS. The zero-order chi connectivity index (χ0) is 19.3. The number of benzene rings is 1. The van der Waals surface area contributed by atoms with Gasteiger partial charge in [0.25, 0.3) is 0 Å². The van der Waals surface area contributed by atoms with Gasteiger partial charge < -0.3 is 20.3 Å². The lowest BCUT2D eigenvalue weighted by atomic mass is 10.2. The number of halogens is 4. The van der Waals surface area contributed by atoms with Crippen molar-refractivity contribution in [2.24, 2.45) is 10.7 Å². The molecule has 2 N–H and O–H groups in total. The second kappa shape index (κ2) is 10.1. The van der Waals surface area contributed by atoms with Crippen LogP contribution in [-0.4, -0.2) is 54.8 Å². The summed E-state index contributed by atoms with van der Waals surface area (Å²) in [5, 5.41) is 2.93. The number of thiazole rings is 1. The number of anilines is 1. The summed E-state index contributed by atoms with van der Waals surface area (Å²) in [7, 11) is 0. The average molecular weight is 527 g/mol. The third-order valence-electron chi connectivity index (χ3n) is 4.07. The van der Waals surface area contributed by atoms with Gasteiger partial charge in [0.1, 0.15) is 5.75 Å². The molecule has 1 saturated heterocycles. The van der Waals surface area contributed by atoms with Crippen molar-refractivity contribution in [3.05, 3.63) is 41.4 Å². The van der Waals surface area contributed by atoms with Crippen LogP contribution in [0.3, 0.4) is 0 Å². The second-order valence-corrected chi connectivity index (χ2v) is 6.85. The number of aromatic nitrogens is 1. The Balaban J connectivity index is 0.00000280. The molecule has 6 nitrogen and oxygen atoms in total. The van der Waals surface area contributed by atoms with E-state index in [9.17, 15) is 13.2 Å². The summed E-state index contributed by atoms with van der Waals surface area (Å²) in [6.45, 7) is 1.82. The smallest absolute Gasteiger partial charge is 0.422 e. The number of aliphatic imine (C=N–C) groups is 1. The van der Waals surface area contributed by atoms with Gasteiger partial charge in [0.05, 0.1) is 6.54 Å². The van der Waals surface area contributed by atoms with Crippen LogP contribution in [0.1, 0.15) is 5.56 Å². The highest BCUT2D eigenvalue weighted by atomic mass is 127. The number of alkyl halides is 3. The zero-order valence-electron chi connectivity index (χ0n) is 14.9. The van der Waals surface area contributed by atoms with E-state index in [1.54, 1.807) is 35.7 Å². The van der Waals surface area contributed by atoms with Crippen molar-refractivity contribution in [1.82, 2.24) is 9.88 Å². The van der Waals surface area contributed by atoms with Gasteiger partial charge in [0, 0.05) is 43.3 Å².